The maximum Gasteiger partial charge on any atom is 0.155 e. The van der Waals surface area contributed by atoms with Gasteiger partial charge in [-0.3, -0.25) is 4.79 Å². The van der Waals surface area contributed by atoms with Crippen molar-refractivity contribution in [3.05, 3.63) is 11.6 Å². The second-order valence-electron chi connectivity index (χ2n) is 8.61. The Kier molecular flexibility index (Phi) is 2.96. The minimum Gasteiger partial charge on any atom is -0.393 e. The summed E-state index contributed by atoms with van der Waals surface area (Å²) in [5, 5.41) is 10.4. The minimum absolute atomic E-state index is 0.0823. The first kappa shape index (κ1) is 14.0. The van der Waals surface area contributed by atoms with E-state index in [1.54, 1.807) is 0 Å². The molecule has 2 nitrogen and oxygen atoms in total. The SMILES string of the molecule is C[C@@]12CCC(=O)C=C1CC[C@@H]1[C@@H]2CC[C@]2(C)C(O)CC[C@@H]12. The monoisotopic (exact) mass is 288 g/mol. The predicted octanol–water partition coefficient (Wildman–Crippen LogP) is 3.88. The minimum atomic E-state index is -0.0823. The lowest BCUT2D eigenvalue weighted by Gasteiger charge is -2.57. The number of hydrogen-bond acceptors (Lipinski definition) is 2. The van der Waals surface area contributed by atoms with Gasteiger partial charge in [0, 0.05) is 6.42 Å². The Bertz CT molecular complexity index is 508. The number of allylic oxidation sites excluding steroid dienone is 1. The summed E-state index contributed by atoms with van der Waals surface area (Å²) >= 11 is 0. The van der Waals surface area contributed by atoms with Gasteiger partial charge in [0.2, 0.25) is 0 Å². The van der Waals surface area contributed by atoms with E-state index in [1.807, 2.05) is 6.08 Å². The van der Waals surface area contributed by atoms with Crippen molar-refractivity contribution in [1.29, 1.82) is 0 Å². The van der Waals surface area contributed by atoms with E-state index >= 15 is 0 Å². The predicted molar refractivity (Wildman–Crippen MR) is 82.7 cm³/mol. The second-order valence-corrected chi connectivity index (χ2v) is 8.61. The average Bonchev–Trinajstić information content (AvgIpc) is 2.76. The molecule has 0 aromatic carbocycles. The third kappa shape index (κ3) is 1.78. The van der Waals surface area contributed by atoms with Crippen molar-refractivity contribution in [2.24, 2.45) is 28.6 Å². The number of hydrogen-bond donors (Lipinski definition) is 1. The molecular weight excluding hydrogens is 260 g/mol. The van der Waals surface area contributed by atoms with Gasteiger partial charge in [-0.2, -0.15) is 0 Å². The van der Waals surface area contributed by atoms with Crippen LogP contribution in [0.15, 0.2) is 11.6 Å². The topological polar surface area (TPSA) is 37.3 Å². The standard InChI is InChI=1S/C19H28O2/c1-18-9-7-13(20)11-12(18)3-4-14-15-5-6-17(21)19(15,2)10-8-16(14)18/h11,14-17,21H,3-10H2,1-2H3/t14-,15-,16-,17?,18+,19-/m0/s1. The van der Waals surface area contributed by atoms with Gasteiger partial charge in [0.15, 0.2) is 5.78 Å². The van der Waals surface area contributed by atoms with Gasteiger partial charge in [-0.25, -0.2) is 0 Å². The highest BCUT2D eigenvalue weighted by Gasteiger charge is 2.58. The van der Waals surface area contributed by atoms with E-state index in [2.05, 4.69) is 13.8 Å². The molecule has 0 spiro atoms. The van der Waals surface area contributed by atoms with Crippen molar-refractivity contribution in [3.63, 3.8) is 0 Å². The molecule has 0 aromatic heterocycles. The smallest absolute Gasteiger partial charge is 0.155 e. The fourth-order valence-corrected chi connectivity index (χ4v) is 6.53. The molecule has 3 saturated carbocycles. The lowest BCUT2D eigenvalue weighted by molar-refractivity contribution is -0.118. The molecule has 0 saturated heterocycles. The van der Waals surface area contributed by atoms with Crippen LogP contribution < -0.4 is 0 Å². The number of carbonyl (C=O) groups is 1. The molecule has 0 heterocycles. The van der Waals surface area contributed by atoms with Crippen molar-refractivity contribution in [2.45, 2.75) is 71.3 Å². The van der Waals surface area contributed by atoms with Crippen LogP contribution in [0.1, 0.15) is 65.2 Å². The summed E-state index contributed by atoms with van der Waals surface area (Å²) in [6, 6.07) is 0. The van der Waals surface area contributed by atoms with Crippen LogP contribution in [0.25, 0.3) is 0 Å². The summed E-state index contributed by atoms with van der Waals surface area (Å²) in [6.45, 7) is 4.76. The summed E-state index contributed by atoms with van der Waals surface area (Å²) in [5.41, 5.74) is 1.89. The molecule has 0 aromatic rings. The Morgan fingerprint density at radius 2 is 1.86 bits per heavy atom. The molecule has 0 radical (unpaired) electrons. The third-order valence-corrected chi connectivity index (χ3v) is 7.91. The normalized spacial score (nSPS) is 52.7. The van der Waals surface area contributed by atoms with E-state index in [-0.39, 0.29) is 16.9 Å². The summed E-state index contributed by atoms with van der Waals surface area (Å²) in [7, 11) is 0. The van der Waals surface area contributed by atoms with Gasteiger partial charge in [0.05, 0.1) is 6.10 Å². The first-order chi connectivity index (χ1) is 9.95. The van der Waals surface area contributed by atoms with E-state index in [1.165, 1.54) is 31.3 Å². The second kappa shape index (κ2) is 4.44. The summed E-state index contributed by atoms with van der Waals surface area (Å²) < 4.78 is 0. The Morgan fingerprint density at radius 3 is 2.67 bits per heavy atom. The van der Waals surface area contributed by atoms with Crippen molar-refractivity contribution < 1.29 is 9.90 Å². The number of carbonyl (C=O) groups excluding carboxylic acids is 1. The highest BCUT2D eigenvalue weighted by atomic mass is 16.3. The zero-order valence-electron chi connectivity index (χ0n) is 13.4. The number of ketones is 1. The van der Waals surface area contributed by atoms with Gasteiger partial charge < -0.3 is 5.11 Å². The quantitative estimate of drug-likeness (QED) is 0.734. The largest absolute Gasteiger partial charge is 0.393 e. The first-order valence-corrected chi connectivity index (χ1v) is 8.87. The Balaban J connectivity index is 1.69. The number of aliphatic hydroxyl groups excluding tert-OH is 1. The van der Waals surface area contributed by atoms with Crippen LogP contribution in [0, 0.1) is 28.6 Å². The lowest BCUT2D eigenvalue weighted by Crippen LogP contribution is -2.51. The fraction of sp³-hybridized carbons (Fsp3) is 0.842. The molecule has 6 atom stereocenters. The zero-order valence-corrected chi connectivity index (χ0v) is 13.4. The van der Waals surface area contributed by atoms with Crippen molar-refractivity contribution in [1.82, 2.24) is 0 Å². The maximum atomic E-state index is 11.8. The van der Waals surface area contributed by atoms with Crippen LogP contribution in [0.5, 0.6) is 0 Å². The van der Waals surface area contributed by atoms with Crippen LogP contribution in [-0.4, -0.2) is 17.0 Å². The van der Waals surface area contributed by atoms with E-state index in [0.717, 1.165) is 37.5 Å². The van der Waals surface area contributed by atoms with Crippen LogP contribution in [0.3, 0.4) is 0 Å². The summed E-state index contributed by atoms with van der Waals surface area (Å²) in [5.74, 6) is 2.57. The van der Waals surface area contributed by atoms with Crippen LogP contribution >= 0.6 is 0 Å². The van der Waals surface area contributed by atoms with E-state index in [4.69, 9.17) is 0 Å². The Morgan fingerprint density at radius 1 is 1.05 bits per heavy atom. The molecular formula is C19H28O2. The van der Waals surface area contributed by atoms with E-state index in [0.29, 0.717) is 11.7 Å². The first-order valence-electron chi connectivity index (χ1n) is 8.87. The van der Waals surface area contributed by atoms with Crippen molar-refractivity contribution >= 4 is 5.78 Å². The van der Waals surface area contributed by atoms with E-state index in [9.17, 15) is 9.90 Å². The van der Waals surface area contributed by atoms with Crippen molar-refractivity contribution in [3.8, 4) is 0 Å². The number of fused-ring (bicyclic) bond motifs is 5. The van der Waals surface area contributed by atoms with Crippen LogP contribution in [0.4, 0.5) is 0 Å². The summed E-state index contributed by atoms with van der Waals surface area (Å²) in [6.07, 6.45) is 10.7. The Hall–Kier alpha value is -0.630. The molecule has 0 amide bonds. The van der Waals surface area contributed by atoms with Gasteiger partial charge in [0.25, 0.3) is 0 Å². The van der Waals surface area contributed by atoms with Crippen LogP contribution in [-0.2, 0) is 4.79 Å². The number of rotatable bonds is 0. The zero-order chi connectivity index (χ0) is 14.8. The van der Waals surface area contributed by atoms with E-state index < -0.39 is 0 Å². The molecule has 0 aliphatic heterocycles. The number of aliphatic hydroxyl groups is 1. The molecule has 4 aliphatic rings. The molecule has 1 unspecified atom stereocenters. The van der Waals surface area contributed by atoms with Gasteiger partial charge in [-0.15, -0.1) is 0 Å². The molecule has 0 bridgehead atoms. The average molecular weight is 288 g/mol. The molecule has 1 N–H and O–H groups in total. The van der Waals surface area contributed by atoms with Gasteiger partial charge in [-0.05, 0) is 79.6 Å². The van der Waals surface area contributed by atoms with Crippen LogP contribution in [0.2, 0.25) is 0 Å². The summed E-state index contributed by atoms with van der Waals surface area (Å²) in [4.78, 5) is 11.8. The Labute approximate surface area is 128 Å². The van der Waals surface area contributed by atoms with Crippen molar-refractivity contribution in [2.75, 3.05) is 0 Å². The lowest BCUT2D eigenvalue weighted by atomic mass is 9.47. The molecule has 2 heteroatoms. The third-order valence-electron chi connectivity index (χ3n) is 7.91. The molecule has 116 valence electrons. The molecule has 4 aliphatic carbocycles. The molecule has 4 rings (SSSR count). The fourth-order valence-electron chi connectivity index (χ4n) is 6.53. The highest BCUT2D eigenvalue weighted by molar-refractivity contribution is 5.91. The highest BCUT2D eigenvalue weighted by Crippen LogP contribution is 2.65. The molecule has 3 fully saturated rings. The van der Waals surface area contributed by atoms with Gasteiger partial charge in [-0.1, -0.05) is 19.4 Å². The van der Waals surface area contributed by atoms with Gasteiger partial charge in [0.1, 0.15) is 0 Å². The van der Waals surface area contributed by atoms with Gasteiger partial charge >= 0.3 is 0 Å². The molecule has 21 heavy (non-hydrogen) atoms. The maximum absolute atomic E-state index is 11.8.